The molecule has 0 aliphatic rings. The van der Waals surface area contributed by atoms with E-state index in [4.69, 9.17) is 9.26 Å². The molecule has 0 spiro atoms. The second-order valence-electron chi connectivity index (χ2n) is 6.21. The molecule has 0 aliphatic carbocycles. The lowest BCUT2D eigenvalue weighted by Crippen LogP contribution is -2.31. The van der Waals surface area contributed by atoms with Gasteiger partial charge in [-0.15, -0.1) is 0 Å². The monoisotopic (exact) mass is 394 g/mol. The molecular weight excluding hydrogens is 379 g/mol. The molecule has 0 bridgehead atoms. The first kappa shape index (κ1) is 18.4. The molecule has 4 aromatic rings. The van der Waals surface area contributed by atoms with Gasteiger partial charge in [0.15, 0.2) is 0 Å². The van der Waals surface area contributed by atoms with Crippen LogP contribution in [0, 0.1) is 5.82 Å². The Bertz CT molecular complexity index is 1260. The molecule has 0 saturated carbocycles. The molecule has 0 atom stereocenters. The third-order valence-electron chi connectivity index (χ3n) is 4.30. The zero-order chi connectivity index (χ0) is 20.4. The van der Waals surface area contributed by atoms with Crippen molar-refractivity contribution in [3.05, 3.63) is 86.9 Å². The van der Waals surface area contributed by atoms with E-state index in [0.29, 0.717) is 11.7 Å². The summed E-state index contributed by atoms with van der Waals surface area (Å²) < 4.78 is 24.9. The molecule has 0 unspecified atom stereocenters. The maximum atomic E-state index is 13.4. The van der Waals surface area contributed by atoms with E-state index < -0.39 is 17.1 Å². The average molecular weight is 394 g/mol. The summed E-state index contributed by atoms with van der Waals surface area (Å²) in [6.45, 7) is 0.107. The van der Waals surface area contributed by atoms with Crippen LogP contribution in [-0.2, 0) is 6.54 Å². The number of H-pyrrole nitrogens is 1. The number of rotatable bonds is 5. The summed E-state index contributed by atoms with van der Waals surface area (Å²) in [4.78, 5) is 29.2. The van der Waals surface area contributed by atoms with Crippen LogP contribution in [0.5, 0.6) is 5.75 Å². The first-order chi connectivity index (χ1) is 14.0. The number of halogens is 1. The van der Waals surface area contributed by atoms with Crippen LogP contribution in [0.15, 0.2) is 68.8 Å². The lowest BCUT2D eigenvalue weighted by atomic mass is 10.1. The fourth-order valence-electron chi connectivity index (χ4n) is 2.75. The standard InChI is InChI=1S/C20H15FN4O4/c1-28-15-8-6-14(7-9-15)19-22-17(24-29-19)13-4-2-12(3-5-13)10-25-11-16(21)18(26)23-20(25)27/h2-9,11H,10H2,1H3,(H,23,26,27). The van der Waals surface area contributed by atoms with Gasteiger partial charge in [0.2, 0.25) is 11.6 Å². The van der Waals surface area contributed by atoms with E-state index in [0.717, 1.165) is 33.2 Å². The molecule has 9 heteroatoms. The molecule has 4 rings (SSSR count). The van der Waals surface area contributed by atoms with Crippen molar-refractivity contribution in [3.8, 4) is 28.6 Å². The maximum Gasteiger partial charge on any atom is 0.328 e. The maximum absolute atomic E-state index is 13.4. The zero-order valence-corrected chi connectivity index (χ0v) is 15.3. The highest BCUT2D eigenvalue weighted by atomic mass is 19.1. The predicted octanol–water partition coefficient (Wildman–Crippen LogP) is 2.45. The van der Waals surface area contributed by atoms with Crippen molar-refractivity contribution in [1.29, 1.82) is 0 Å². The minimum atomic E-state index is -1.04. The number of hydrogen-bond donors (Lipinski definition) is 1. The number of nitrogens with one attached hydrogen (secondary N) is 1. The van der Waals surface area contributed by atoms with E-state index in [2.05, 4.69) is 10.1 Å². The Kier molecular flexibility index (Phi) is 4.78. The van der Waals surface area contributed by atoms with Crippen molar-refractivity contribution in [3.63, 3.8) is 0 Å². The molecule has 0 amide bonds. The smallest absolute Gasteiger partial charge is 0.328 e. The van der Waals surface area contributed by atoms with Crippen molar-refractivity contribution in [1.82, 2.24) is 19.7 Å². The fraction of sp³-hybridized carbons (Fsp3) is 0.100. The number of aromatic amines is 1. The lowest BCUT2D eigenvalue weighted by molar-refractivity contribution is 0.414. The fourth-order valence-corrected chi connectivity index (χ4v) is 2.75. The molecule has 146 valence electrons. The van der Waals surface area contributed by atoms with Crippen molar-refractivity contribution < 1.29 is 13.7 Å². The molecule has 0 saturated heterocycles. The lowest BCUT2D eigenvalue weighted by Gasteiger charge is -2.05. The second kappa shape index (κ2) is 7.55. The van der Waals surface area contributed by atoms with Crippen LogP contribution in [0.2, 0.25) is 0 Å². The zero-order valence-electron chi connectivity index (χ0n) is 15.3. The van der Waals surface area contributed by atoms with Gasteiger partial charge in [-0.2, -0.15) is 9.37 Å². The van der Waals surface area contributed by atoms with Crippen LogP contribution < -0.4 is 16.0 Å². The first-order valence-corrected chi connectivity index (χ1v) is 8.60. The van der Waals surface area contributed by atoms with E-state index in [1.165, 1.54) is 0 Å². The topological polar surface area (TPSA) is 103 Å². The summed E-state index contributed by atoms with van der Waals surface area (Å²) in [6.07, 6.45) is 0.884. The number of nitrogens with zero attached hydrogens (tertiary/aromatic N) is 3. The quantitative estimate of drug-likeness (QED) is 0.558. The summed E-state index contributed by atoms with van der Waals surface area (Å²) in [5.41, 5.74) is 0.508. The summed E-state index contributed by atoms with van der Waals surface area (Å²) >= 11 is 0. The highest BCUT2D eigenvalue weighted by Crippen LogP contribution is 2.24. The molecular formula is C20H15FN4O4. The Balaban J connectivity index is 1.54. The van der Waals surface area contributed by atoms with E-state index >= 15 is 0 Å². The van der Waals surface area contributed by atoms with Crippen LogP contribution in [0.1, 0.15) is 5.56 Å². The number of ether oxygens (including phenoxy) is 1. The Labute approximate surface area is 163 Å². The van der Waals surface area contributed by atoms with Gasteiger partial charge in [-0.3, -0.25) is 14.3 Å². The Morgan fingerprint density at radius 1 is 1.07 bits per heavy atom. The van der Waals surface area contributed by atoms with Crippen molar-refractivity contribution >= 4 is 0 Å². The van der Waals surface area contributed by atoms with Crippen LogP contribution in [0.4, 0.5) is 4.39 Å². The summed E-state index contributed by atoms with van der Waals surface area (Å²) in [5.74, 6) is 0.501. The van der Waals surface area contributed by atoms with Gasteiger partial charge in [0, 0.05) is 11.1 Å². The van der Waals surface area contributed by atoms with E-state index in [1.54, 1.807) is 43.5 Å². The summed E-state index contributed by atoms with van der Waals surface area (Å²) in [6, 6.07) is 14.3. The number of hydrogen-bond acceptors (Lipinski definition) is 6. The highest BCUT2D eigenvalue weighted by molar-refractivity contribution is 5.60. The third-order valence-corrected chi connectivity index (χ3v) is 4.30. The normalized spacial score (nSPS) is 10.8. The first-order valence-electron chi connectivity index (χ1n) is 8.60. The van der Waals surface area contributed by atoms with Gasteiger partial charge in [0.05, 0.1) is 19.9 Å². The molecule has 0 aliphatic heterocycles. The number of methoxy groups -OCH3 is 1. The molecule has 2 heterocycles. The van der Waals surface area contributed by atoms with Gasteiger partial charge in [0.25, 0.3) is 11.4 Å². The minimum Gasteiger partial charge on any atom is -0.497 e. The third kappa shape index (κ3) is 3.84. The average Bonchev–Trinajstić information content (AvgIpc) is 3.23. The van der Waals surface area contributed by atoms with Crippen molar-refractivity contribution in [2.45, 2.75) is 6.54 Å². The molecule has 2 aromatic heterocycles. The van der Waals surface area contributed by atoms with Gasteiger partial charge in [0.1, 0.15) is 5.75 Å². The molecule has 0 fully saturated rings. The Hall–Kier alpha value is -4.01. The van der Waals surface area contributed by atoms with E-state index in [-0.39, 0.29) is 6.54 Å². The van der Waals surface area contributed by atoms with Crippen molar-refractivity contribution in [2.24, 2.45) is 0 Å². The van der Waals surface area contributed by atoms with Gasteiger partial charge in [-0.25, -0.2) is 4.79 Å². The van der Waals surface area contributed by atoms with E-state index in [1.807, 2.05) is 17.1 Å². The second-order valence-corrected chi connectivity index (χ2v) is 6.21. The van der Waals surface area contributed by atoms with Gasteiger partial charge in [-0.1, -0.05) is 29.4 Å². The van der Waals surface area contributed by atoms with Crippen LogP contribution in [0.3, 0.4) is 0 Å². The summed E-state index contributed by atoms with van der Waals surface area (Å²) in [5, 5.41) is 3.99. The van der Waals surface area contributed by atoms with Gasteiger partial charge < -0.3 is 9.26 Å². The molecule has 2 aromatic carbocycles. The SMILES string of the molecule is COc1ccc(-c2nc(-c3ccc(Cn4cc(F)c(=O)[nH]c4=O)cc3)no2)cc1. The molecule has 1 N–H and O–H groups in total. The number of aromatic nitrogens is 4. The predicted molar refractivity (Wildman–Crippen MR) is 102 cm³/mol. The largest absolute Gasteiger partial charge is 0.497 e. The minimum absolute atomic E-state index is 0.107. The van der Waals surface area contributed by atoms with Crippen LogP contribution >= 0.6 is 0 Å². The van der Waals surface area contributed by atoms with Gasteiger partial charge >= 0.3 is 5.69 Å². The van der Waals surface area contributed by atoms with Gasteiger partial charge in [-0.05, 0) is 29.8 Å². The molecule has 29 heavy (non-hydrogen) atoms. The molecule has 0 radical (unpaired) electrons. The Morgan fingerprint density at radius 3 is 2.45 bits per heavy atom. The Morgan fingerprint density at radius 2 is 1.76 bits per heavy atom. The summed E-state index contributed by atoms with van der Waals surface area (Å²) in [7, 11) is 1.59. The van der Waals surface area contributed by atoms with Crippen LogP contribution in [-0.4, -0.2) is 26.8 Å². The molecule has 8 nitrogen and oxygen atoms in total. The number of benzene rings is 2. The highest BCUT2D eigenvalue weighted by Gasteiger charge is 2.11. The van der Waals surface area contributed by atoms with E-state index in [9.17, 15) is 14.0 Å². The van der Waals surface area contributed by atoms with Crippen LogP contribution in [0.25, 0.3) is 22.8 Å². The van der Waals surface area contributed by atoms with Crippen molar-refractivity contribution in [2.75, 3.05) is 7.11 Å².